The zero-order valence-corrected chi connectivity index (χ0v) is 12.6. The van der Waals surface area contributed by atoms with E-state index in [2.05, 4.69) is 4.74 Å². The lowest BCUT2D eigenvalue weighted by Gasteiger charge is -2.15. The fourth-order valence-corrected chi connectivity index (χ4v) is 2.74. The molecule has 1 heterocycles. The van der Waals surface area contributed by atoms with E-state index in [0.717, 1.165) is 19.4 Å². The van der Waals surface area contributed by atoms with E-state index in [0.29, 0.717) is 0 Å². The summed E-state index contributed by atoms with van der Waals surface area (Å²) in [5, 5.41) is 8.49. The smallest absolute Gasteiger partial charge is 0.341 e. The van der Waals surface area contributed by atoms with Crippen molar-refractivity contribution in [3.05, 3.63) is 17.9 Å². The number of furan rings is 1. The molecule has 0 aromatic carbocycles. The van der Waals surface area contributed by atoms with Crippen molar-refractivity contribution in [1.82, 2.24) is 4.72 Å². The fraction of sp³-hybridized carbons (Fsp3) is 0.500. The molecule has 0 aliphatic rings. The van der Waals surface area contributed by atoms with Gasteiger partial charge in [0.1, 0.15) is 12.3 Å². The van der Waals surface area contributed by atoms with Gasteiger partial charge in [0.25, 0.3) is 10.0 Å². The van der Waals surface area contributed by atoms with Crippen molar-refractivity contribution in [2.75, 3.05) is 7.11 Å². The van der Waals surface area contributed by atoms with Gasteiger partial charge < -0.3 is 14.3 Å². The van der Waals surface area contributed by atoms with Gasteiger partial charge in [-0.15, -0.1) is 0 Å². The largest absolute Gasteiger partial charge is 0.480 e. The third-order valence-electron chi connectivity index (χ3n) is 2.56. The number of ether oxygens (including phenoxy) is 1. The van der Waals surface area contributed by atoms with Gasteiger partial charge in [0.2, 0.25) is 5.09 Å². The number of hydrogen-bond donors (Lipinski definition) is 2. The molecule has 0 saturated carbocycles. The number of aliphatic carboxylic acids is 1. The lowest BCUT2D eigenvalue weighted by Crippen LogP contribution is -2.41. The molecule has 0 fully saturated rings. The molecule has 0 aliphatic carbocycles. The Bertz CT molecular complexity index is 617. The van der Waals surface area contributed by atoms with Crippen molar-refractivity contribution in [1.29, 1.82) is 0 Å². The summed E-state index contributed by atoms with van der Waals surface area (Å²) < 4.78 is 35.3. The minimum Gasteiger partial charge on any atom is -0.480 e. The number of sulfonamides is 1. The number of esters is 1. The summed E-state index contributed by atoms with van der Waals surface area (Å²) in [4.78, 5) is 22.3. The van der Waals surface area contributed by atoms with E-state index in [9.17, 15) is 18.0 Å². The van der Waals surface area contributed by atoms with Crippen LogP contribution in [0.5, 0.6) is 0 Å². The number of nitrogens with one attached hydrogen (secondary N) is 1. The molecule has 118 valence electrons. The van der Waals surface area contributed by atoms with Gasteiger partial charge in [0, 0.05) is 6.07 Å². The van der Waals surface area contributed by atoms with Gasteiger partial charge in [0.05, 0.1) is 12.7 Å². The van der Waals surface area contributed by atoms with Crippen LogP contribution in [0.1, 0.15) is 30.6 Å². The van der Waals surface area contributed by atoms with Crippen LogP contribution in [0.3, 0.4) is 0 Å². The van der Waals surface area contributed by atoms with Crippen LogP contribution in [-0.2, 0) is 19.6 Å². The maximum Gasteiger partial charge on any atom is 0.341 e. The topological polar surface area (TPSA) is 123 Å². The van der Waals surface area contributed by atoms with Crippen LogP contribution in [0.25, 0.3) is 0 Å². The molecule has 2 N–H and O–H groups in total. The molecule has 0 saturated heterocycles. The first-order valence-corrected chi connectivity index (χ1v) is 7.57. The average molecular weight is 319 g/mol. The molecule has 1 rings (SSSR count). The summed E-state index contributed by atoms with van der Waals surface area (Å²) in [5.74, 6) is -2.06. The Kier molecular flexibility index (Phi) is 5.50. The highest BCUT2D eigenvalue weighted by molar-refractivity contribution is 7.89. The first-order valence-electron chi connectivity index (χ1n) is 6.09. The summed E-state index contributed by atoms with van der Waals surface area (Å²) >= 11 is 0. The second-order valence-corrected chi connectivity index (χ2v) is 6.43. The molecule has 1 atom stereocenters. The summed E-state index contributed by atoms with van der Waals surface area (Å²) in [6.07, 6.45) is 1.05. The van der Waals surface area contributed by atoms with Gasteiger partial charge in [-0.25, -0.2) is 13.2 Å². The normalized spacial score (nSPS) is 13.1. The van der Waals surface area contributed by atoms with Gasteiger partial charge in [0.15, 0.2) is 0 Å². The molecule has 0 bridgehead atoms. The highest BCUT2D eigenvalue weighted by Crippen LogP contribution is 2.16. The van der Waals surface area contributed by atoms with Crippen LogP contribution in [0, 0.1) is 5.92 Å². The van der Waals surface area contributed by atoms with E-state index in [-0.39, 0.29) is 17.9 Å². The Labute approximate surface area is 122 Å². The molecule has 9 heteroatoms. The minimum atomic E-state index is -4.18. The lowest BCUT2D eigenvalue weighted by atomic mass is 10.1. The van der Waals surface area contributed by atoms with Crippen LogP contribution < -0.4 is 4.72 Å². The number of hydrogen-bond acceptors (Lipinski definition) is 6. The van der Waals surface area contributed by atoms with E-state index in [4.69, 9.17) is 9.52 Å². The minimum absolute atomic E-state index is 0.0176. The Morgan fingerprint density at radius 1 is 1.43 bits per heavy atom. The molecule has 0 aliphatic heterocycles. The monoisotopic (exact) mass is 319 g/mol. The van der Waals surface area contributed by atoms with Crippen molar-refractivity contribution in [2.24, 2.45) is 5.92 Å². The van der Waals surface area contributed by atoms with E-state index in [1.807, 2.05) is 4.72 Å². The second kappa shape index (κ2) is 6.72. The van der Waals surface area contributed by atoms with Crippen molar-refractivity contribution in [3.8, 4) is 0 Å². The zero-order chi connectivity index (χ0) is 16.2. The quantitative estimate of drug-likeness (QED) is 0.714. The Hall–Kier alpha value is -1.87. The fourth-order valence-electron chi connectivity index (χ4n) is 1.60. The first kappa shape index (κ1) is 17.2. The predicted molar refractivity (Wildman–Crippen MR) is 71.2 cm³/mol. The van der Waals surface area contributed by atoms with Gasteiger partial charge in [-0.1, -0.05) is 13.8 Å². The van der Waals surface area contributed by atoms with Crippen LogP contribution >= 0.6 is 0 Å². The van der Waals surface area contributed by atoms with Crippen LogP contribution in [-0.4, -0.2) is 38.6 Å². The highest BCUT2D eigenvalue weighted by atomic mass is 32.2. The zero-order valence-electron chi connectivity index (χ0n) is 11.8. The van der Waals surface area contributed by atoms with E-state index in [1.165, 1.54) is 0 Å². The molecule has 21 heavy (non-hydrogen) atoms. The van der Waals surface area contributed by atoms with Crippen molar-refractivity contribution in [2.45, 2.75) is 31.4 Å². The Morgan fingerprint density at radius 3 is 2.52 bits per heavy atom. The third-order valence-corrected chi connectivity index (χ3v) is 3.90. The molecule has 0 amide bonds. The highest BCUT2D eigenvalue weighted by Gasteiger charge is 2.29. The van der Waals surface area contributed by atoms with E-state index in [1.54, 1.807) is 13.8 Å². The molecular weight excluding hydrogens is 302 g/mol. The van der Waals surface area contributed by atoms with Crippen molar-refractivity contribution in [3.63, 3.8) is 0 Å². The molecule has 1 aromatic rings. The molecular formula is C12H17NO7S. The van der Waals surface area contributed by atoms with Crippen molar-refractivity contribution < 1.29 is 32.3 Å². The molecule has 0 spiro atoms. The Balaban J connectivity index is 2.97. The van der Waals surface area contributed by atoms with Crippen LogP contribution in [0.2, 0.25) is 0 Å². The van der Waals surface area contributed by atoms with Gasteiger partial charge >= 0.3 is 11.9 Å². The maximum atomic E-state index is 12.0. The lowest BCUT2D eigenvalue weighted by molar-refractivity contribution is -0.139. The SMILES string of the molecule is COC(=O)c1coc(S(=O)(=O)N[C@@H](CC(C)C)C(=O)O)c1. The van der Waals surface area contributed by atoms with Gasteiger partial charge in [-0.2, -0.15) is 4.72 Å². The summed E-state index contributed by atoms with van der Waals surface area (Å²) in [5.41, 5.74) is -0.0754. The molecule has 0 unspecified atom stereocenters. The maximum absolute atomic E-state index is 12.0. The number of carboxylic acids is 1. The van der Waals surface area contributed by atoms with E-state index >= 15 is 0 Å². The van der Waals surface area contributed by atoms with Crippen molar-refractivity contribution >= 4 is 22.0 Å². The molecule has 8 nitrogen and oxygen atoms in total. The second-order valence-electron chi connectivity index (χ2n) is 4.79. The number of carboxylic acid groups (broad SMARTS) is 1. The van der Waals surface area contributed by atoms with Gasteiger partial charge in [-0.05, 0) is 12.3 Å². The van der Waals surface area contributed by atoms with E-state index < -0.39 is 33.1 Å². The first-order chi connectivity index (χ1) is 9.67. The number of carbonyl (C=O) groups is 2. The predicted octanol–water partition coefficient (Wildman–Crippen LogP) is 0.844. The van der Waals surface area contributed by atoms with Crippen LogP contribution in [0.4, 0.5) is 0 Å². The summed E-state index contributed by atoms with van der Waals surface area (Å²) in [6.45, 7) is 3.54. The average Bonchev–Trinajstić information content (AvgIpc) is 2.86. The molecule has 0 radical (unpaired) electrons. The van der Waals surface area contributed by atoms with Crippen LogP contribution in [0.15, 0.2) is 21.8 Å². The third kappa shape index (κ3) is 4.57. The number of rotatable bonds is 7. The number of carbonyl (C=O) groups excluding carboxylic acids is 1. The van der Waals surface area contributed by atoms with Gasteiger partial charge in [-0.3, -0.25) is 4.79 Å². The Morgan fingerprint density at radius 2 is 2.05 bits per heavy atom. The summed E-state index contributed by atoms with van der Waals surface area (Å²) in [7, 11) is -3.03. The standard InChI is InChI=1S/C12H17NO7S/c1-7(2)4-9(11(14)15)13-21(17,18)10-5-8(6-20-10)12(16)19-3/h5-7,9,13H,4H2,1-3H3,(H,14,15)/t9-/m0/s1. The summed E-state index contributed by atoms with van der Waals surface area (Å²) in [6, 6.07) is -0.302. The molecule has 1 aromatic heterocycles. The number of methoxy groups -OCH3 is 1.